The number of fused-ring (bicyclic) bond motifs is 1. The molecule has 6 nitrogen and oxygen atoms in total. The van der Waals surface area contributed by atoms with E-state index < -0.39 is 5.54 Å². The lowest BCUT2D eigenvalue weighted by molar-refractivity contribution is -0.127. The fourth-order valence-corrected chi connectivity index (χ4v) is 4.98. The van der Waals surface area contributed by atoms with E-state index in [4.69, 9.17) is 5.10 Å². The van der Waals surface area contributed by atoms with Crippen LogP contribution in [0.2, 0.25) is 0 Å². The zero-order chi connectivity index (χ0) is 24.0. The van der Waals surface area contributed by atoms with E-state index in [9.17, 15) is 9.59 Å². The number of carbonyl (C=O) groups is 2. The average molecular weight is 451 g/mol. The van der Waals surface area contributed by atoms with Crippen LogP contribution in [0.1, 0.15) is 93.5 Å². The molecule has 2 amide bonds. The number of rotatable bonds is 3. The predicted octanol–water partition coefficient (Wildman–Crippen LogP) is 5.06. The molecule has 178 valence electrons. The lowest BCUT2D eigenvalue weighted by Crippen LogP contribution is -2.65. The average Bonchev–Trinajstić information content (AvgIpc) is 3.01. The summed E-state index contributed by atoms with van der Waals surface area (Å²) in [7, 11) is 0. The molecule has 2 aliphatic rings. The predicted molar refractivity (Wildman–Crippen MR) is 132 cm³/mol. The van der Waals surface area contributed by atoms with Crippen molar-refractivity contribution in [1.82, 2.24) is 15.1 Å². The van der Waals surface area contributed by atoms with Gasteiger partial charge in [0.1, 0.15) is 11.2 Å². The Hall–Kier alpha value is -2.63. The summed E-state index contributed by atoms with van der Waals surface area (Å²) >= 11 is 0. The van der Waals surface area contributed by atoms with Crippen LogP contribution >= 0.6 is 0 Å². The molecule has 1 saturated carbocycles. The first kappa shape index (κ1) is 23.5. The van der Waals surface area contributed by atoms with Crippen LogP contribution in [0.3, 0.4) is 0 Å². The van der Waals surface area contributed by atoms with Gasteiger partial charge in [0.15, 0.2) is 0 Å². The molecule has 1 aromatic carbocycles. The van der Waals surface area contributed by atoms with E-state index in [2.05, 4.69) is 33.0 Å². The third kappa shape index (κ3) is 4.44. The zero-order valence-corrected chi connectivity index (χ0v) is 21.0. The third-order valence-electron chi connectivity index (χ3n) is 7.35. The van der Waals surface area contributed by atoms with E-state index in [0.717, 1.165) is 48.2 Å². The van der Waals surface area contributed by atoms with Gasteiger partial charge in [-0.15, -0.1) is 0 Å². The number of hydrogen-bond donors (Lipinski definition) is 1. The summed E-state index contributed by atoms with van der Waals surface area (Å²) in [5.41, 5.74) is 3.16. The largest absolute Gasteiger partial charge is 0.351 e. The van der Waals surface area contributed by atoms with Gasteiger partial charge in [-0.3, -0.25) is 19.2 Å². The van der Waals surface area contributed by atoms with Crippen LogP contribution < -0.4 is 10.2 Å². The van der Waals surface area contributed by atoms with E-state index >= 15 is 0 Å². The number of anilines is 1. The minimum Gasteiger partial charge on any atom is -0.351 e. The fourth-order valence-electron chi connectivity index (χ4n) is 4.98. The number of benzene rings is 1. The van der Waals surface area contributed by atoms with Gasteiger partial charge < -0.3 is 5.32 Å². The highest BCUT2D eigenvalue weighted by Crippen LogP contribution is 2.35. The highest BCUT2D eigenvalue weighted by atomic mass is 16.2. The Morgan fingerprint density at radius 1 is 1.06 bits per heavy atom. The first-order chi connectivity index (χ1) is 15.5. The first-order valence-corrected chi connectivity index (χ1v) is 12.3. The number of nitrogens with zero attached hydrogens (tertiary/aromatic N) is 3. The molecular weight excluding hydrogens is 412 g/mol. The Kier molecular flexibility index (Phi) is 6.14. The van der Waals surface area contributed by atoms with Crippen LogP contribution in [-0.4, -0.2) is 33.2 Å². The quantitative estimate of drug-likeness (QED) is 0.665. The van der Waals surface area contributed by atoms with Gasteiger partial charge in [-0.2, -0.15) is 5.10 Å². The SMILES string of the molecule is Cc1ccc(N2C(=O)c3cc(C(C)(C)C)nn3C[C@]2(C)C(=O)NC2CCCCCC2)cc1C. The summed E-state index contributed by atoms with van der Waals surface area (Å²) in [6, 6.07) is 8.04. The third-order valence-corrected chi connectivity index (χ3v) is 7.35. The molecule has 1 N–H and O–H groups in total. The van der Waals surface area contributed by atoms with Gasteiger partial charge in [0.05, 0.1) is 12.2 Å². The van der Waals surface area contributed by atoms with Crippen molar-refractivity contribution < 1.29 is 9.59 Å². The minimum absolute atomic E-state index is 0.0977. The van der Waals surface area contributed by atoms with E-state index in [1.54, 1.807) is 9.58 Å². The van der Waals surface area contributed by atoms with Crippen LogP contribution in [0.25, 0.3) is 0 Å². The van der Waals surface area contributed by atoms with Crippen molar-refractivity contribution in [1.29, 1.82) is 0 Å². The van der Waals surface area contributed by atoms with Crippen LogP contribution in [0, 0.1) is 13.8 Å². The molecule has 0 radical (unpaired) electrons. The standard InChI is InChI=1S/C27H38N4O2/c1-18-13-14-21(15-19(18)2)31-24(32)22-16-23(26(3,4)5)29-30(22)17-27(31,6)25(33)28-20-11-9-7-8-10-12-20/h13-16,20H,7-12,17H2,1-6H3,(H,28,33)/t27-/m1/s1. The summed E-state index contributed by atoms with van der Waals surface area (Å²) in [5, 5.41) is 8.07. The van der Waals surface area contributed by atoms with Crippen LogP contribution in [-0.2, 0) is 16.8 Å². The van der Waals surface area contributed by atoms with Crippen molar-refractivity contribution in [2.45, 2.75) is 104 Å². The summed E-state index contributed by atoms with van der Waals surface area (Å²) in [6.07, 6.45) is 6.73. The van der Waals surface area contributed by atoms with Gasteiger partial charge in [0.25, 0.3) is 5.91 Å². The number of aryl methyl sites for hydroxylation is 2. The molecular formula is C27H38N4O2. The molecule has 2 aromatic rings. The van der Waals surface area contributed by atoms with E-state index in [1.165, 1.54) is 12.8 Å². The Labute approximate surface area is 197 Å². The number of hydrogen-bond acceptors (Lipinski definition) is 3. The summed E-state index contributed by atoms with van der Waals surface area (Å²) in [6.45, 7) is 12.6. The Balaban J connectivity index is 1.77. The summed E-state index contributed by atoms with van der Waals surface area (Å²) in [5.74, 6) is -0.273. The Bertz CT molecular complexity index is 1060. The van der Waals surface area contributed by atoms with Crippen LogP contribution in [0.15, 0.2) is 24.3 Å². The molecule has 1 aliphatic heterocycles. The Morgan fingerprint density at radius 3 is 2.33 bits per heavy atom. The second-order valence-electron chi connectivity index (χ2n) is 11.2. The lowest BCUT2D eigenvalue weighted by atomic mass is 9.91. The maximum atomic E-state index is 13.9. The smallest absolute Gasteiger partial charge is 0.277 e. The fraction of sp³-hybridized carbons (Fsp3) is 0.593. The second kappa shape index (κ2) is 8.62. The zero-order valence-electron chi connectivity index (χ0n) is 21.0. The molecule has 1 fully saturated rings. The lowest BCUT2D eigenvalue weighted by Gasteiger charge is -2.44. The molecule has 1 aromatic heterocycles. The molecule has 0 spiro atoms. The normalized spacial score (nSPS) is 22.1. The Morgan fingerprint density at radius 2 is 1.73 bits per heavy atom. The monoisotopic (exact) mass is 450 g/mol. The molecule has 2 heterocycles. The summed E-state index contributed by atoms with van der Waals surface area (Å²) < 4.78 is 1.74. The topological polar surface area (TPSA) is 67.2 Å². The van der Waals surface area contributed by atoms with Gasteiger partial charge in [0.2, 0.25) is 5.91 Å². The molecule has 1 atom stereocenters. The number of carbonyl (C=O) groups excluding carboxylic acids is 2. The van der Waals surface area contributed by atoms with Crippen LogP contribution in [0.4, 0.5) is 5.69 Å². The van der Waals surface area contributed by atoms with E-state index in [0.29, 0.717) is 12.2 Å². The van der Waals surface area contributed by atoms with Gasteiger partial charge in [-0.1, -0.05) is 52.5 Å². The highest BCUT2D eigenvalue weighted by Gasteiger charge is 2.49. The number of aromatic nitrogens is 2. The van der Waals surface area contributed by atoms with Crippen LogP contribution in [0.5, 0.6) is 0 Å². The van der Waals surface area contributed by atoms with Gasteiger partial charge in [-0.25, -0.2) is 0 Å². The van der Waals surface area contributed by atoms with Crippen molar-refractivity contribution in [2.75, 3.05) is 4.90 Å². The van der Waals surface area contributed by atoms with Crippen molar-refractivity contribution in [3.63, 3.8) is 0 Å². The van der Waals surface area contributed by atoms with Crippen molar-refractivity contribution in [2.24, 2.45) is 0 Å². The van der Waals surface area contributed by atoms with E-state index in [1.807, 2.05) is 38.1 Å². The second-order valence-corrected chi connectivity index (χ2v) is 11.2. The molecule has 0 saturated heterocycles. The van der Waals surface area contributed by atoms with Gasteiger partial charge >= 0.3 is 0 Å². The number of nitrogens with one attached hydrogen (secondary N) is 1. The van der Waals surface area contributed by atoms with Gasteiger partial charge in [0, 0.05) is 17.1 Å². The molecule has 4 rings (SSSR count). The molecule has 1 aliphatic carbocycles. The molecule has 0 bridgehead atoms. The van der Waals surface area contributed by atoms with Crippen molar-refractivity contribution in [3.8, 4) is 0 Å². The molecule has 0 unspecified atom stereocenters. The van der Waals surface area contributed by atoms with Gasteiger partial charge in [-0.05, 0) is 62.9 Å². The highest BCUT2D eigenvalue weighted by molar-refractivity contribution is 6.12. The maximum Gasteiger partial charge on any atom is 0.277 e. The van der Waals surface area contributed by atoms with Crippen molar-refractivity contribution >= 4 is 17.5 Å². The van der Waals surface area contributed by atoms with E-state index in [-0.39, 0.29) is 23.3 Å². The first-order valence-electron chi connectivity index (χ1n) is 12.3. The molecule has 33 heavy (non-hydrogen) atoms. The number of amides is 2. The van der Waals surface area contributed by atoms with Crippen molar-refractivity contribution in [3.05, 3.63) is 46.8 Å². The molecule has 6 heteroatoms. The minimum atomic E-state index is -1.07. The maximum absolute atomic E-state index is 13.9. The summed E-state index contributed by atoms with van der Waals surface area (Å²) in [4.78, 5) is 29.5.